The molecule has 0 aromatic carbocycles. The lowest BCUT2D eigenvalue weighted by molar-refractivity contribution is 0.602. The number of nitrogens with one attached hydrogen (secondary N) is 1. The zero-order valence-corrected chi connectivity index (χ0v) is 8.81. The van der Waals surface area contributed by atoms with Crippen LogP contribution in [-0.4, -0.2) is 13.4 Å². The van der Waals surface area contributed by atoms with Crippen molar-refractivity contribution in [1.82, 2.24) is 4.98 Å². The van der Waals surface area contributed by atoms with Crippen molar-refractivity contribution in [3.63, 3.8) is 0 Å². The van der Waals surface area contributed by atoms with Crippen molar-refractivity contribution in [2.45, 2.75) is 5.75 Å². The van der Waals surface area contributed by atoms with Crippen LogP contribution in [0.15, 0.2) is 10.7 Å². The summed E-state index contributed by atoms with van der Waals surface area (Å²) in [5.74, 6) is 0.165. The van der Waals surface area contributed by atoms with Crippen molar-refractivity contribution >= 4 is 37.5 Å². The Bertz CT molecular complexity index is 471. The molecule has 2 heterocycles. The van der Waals surface area contributed by atoms with E-state index in [-0.39, 0.29) is 11.6 Å². The molecule has 0 unspecified atom stereocenters. The van der Waals surface area contributed by atoms with Crippen molar-refractivity contribution in [3.8, 4) is 0 Å². The highest BCUT2D eigenvalue weighted by Gasteiger charge is 2.26. The SMILES string of the molecule is Nc1nc(Br)cc2c1NS(=O)(=O)C2. The van der Waals surface area contributed by atoms with E-state index in [1.54, 1.807) is 6.07 Å². The number of hydrogen-bond acceptors (Lipinski definition) is 4. The number of fused-ring (bicyclic) bond motifs is 1. The van der Waals surface area contributed by atoms with E-state index in [4.69, 9.17) is 5.73 Å². The molecule has 0 fully saturated rings. The van der Waals surface area contributed by atoms with Gasteiger partial charge in [0.1, 0.15) is 10.4 Å². The molecule has 1 aliphatic rings. The van der Waals surface area contributed by atoms with Gasteiger partial charge in [0.2, 0.25) is 10.0 Å². The van der Waals surface area contributed by atoms with E-state index in [2.05, 4.69) is 25.6 Å². The van der Waals surface area contributed by atoms with Crippen molar-refractivity contribution < 1.29 is 8.42 Å². The molecule has 0 bridgehead atoms. The van der Waals surface area contributed by atoms with Gasteiger partial charge in [0.25, 0.3) is 0 Å². The number of aromatic nitrogens is 1. The fraction of sp³-hybridized carbons (Fsp3) is 0.167. The number of hydrogen-bond donors (Lipinski definition) is 2. The summed E-state index contributed by atoms with van der Waals surface area (Å²) in [5.41, 5.74) is 6.58. The summed E-state index contributed by atoms with van der Waals surface area (Å²) in [6.45, 7) is 0. The van der Waals surface area contributed by atoms with E-state index in [1.807, 2.05) is 0 Å². The van der Waals surface area contributed by atoms with Gasteiger partial charge in [-0.3, -0.25) is 4.72 Å². The summed E-state index contributed by atoms with van der Waals surface area (Å²) in [6, 6.07) is 1.64. The maximum Gasteiger partial charge on any atom is 0.237 e. The fourth-order valence-corrected chi connectivity index (χ4v) is 2.93. The first kappa shape index (κ1) is 8.76. The van der Waals surface area contributed by atoms with Crippen LogP contribution in [0.2, 0.25) is 0 Å². The molecule has 0 aliphatic carbocycles. The maximum atomic E-state index is 11.1. The molecule has 0 amide bonds. The maximum absolute atomic E-state index is 11.1. The number of rotatable bonds is 0. The van der Waals surface area contributed by atoms with Crippen molar-refractivity contribution in [1.29, 1.82) is 0 Å². The van der Waals surface area contributed by atoms with Crippen LogP contribution in [-0.2, 0) is 15.8 Å². The summed E-state index contributed by atoms with van der Waals surface area (Å²) in [4.78, 5) is 3.88. The highest BCUT2D eigenvalue weighted by atomic mass is 79.9. The van der Waals surface area contributed by atoms with E-state index >= 15 is 0 Å². The summed E-state index contributed by atoms with van der Waals surface area (Å²) >= 11 is 3.14. The molecule has 70 valence electrons. The van der Waals surface area contributed by atoms with Crippen molar-refractivity contribution in [2.75, 3.05) is 10.5 Å². The van der Waals surface area contributed by atoms with Crippen LogP contribution in [0.5, 0.6) is 0 Å². The number of pyridine rings is 1. The second kappa shape index (κ2) is 2.58. The monoisotopic (exact) mass is 263 g/mol. The van der Waals surface area contributed by atoms with E-state index in [1.165, 1.54) is 0 Å². The average Bonchev–Trinajstić information content (AvgIpc) is 2.23. The first-order valence-corrected chi connectivity index (χ1v) is 5.88. The summed E-state index contributed by atoms with van der Waals surface area (Å²) in [6.07, 6.45) is 0. The number of nitrogen functional groups attached to an aromatic ring is 1. The zero-order chi connectivity index (χ0) is 9.64. The summed E-state index contributed by atoms with van der Waals surface area (Å²) in [7, 11) is -3.24. The Balaban J connectivity index is 2.64. The third kappa shape index (κ3) is 1.49. The standard InChI is InChI=1S/C6H6BrN3O2S/c7-4-1-3-2-13(11,12)10-5(3)6(8)9-4/h1,10H,2H2,(H2,8,9). The highest BCUT2D eigenvalue weighted by molar-refractivity contribution is 9.10. The molecule has 0 atom stereocenters. The zero-order valence-electron chi connectivity index (χ0n) is 6.41. The Labute approximate surface area is 83.5 Å². The average molecular weight is 264 g/mol. The molecule has 1 aromatic rings. The molecule has 1 aliphatic heterocycles. The Morgan fingerprint density at radius 3 is 3.00 bits per heavy atom. The molecule has 0 spiro atoms. The molecule has 1 aromatic heterocycles. The number of sulfonamides is 1. The topological polar surface area (TPSA) is 85.1 Å². The van der Waals surface area contributed by atoms with Crippen LogP contribution in [0.25, 0.3) is 0 Å². The third-order valence-corrected chi connectivity index (χ3v) is 3.31. The van der Waals surface area contributed by atoms with E-state index in [0.29, 0.717) is 15.9 Å². The van der Waals surface area contributed by atoms with Crippen molar-refractivity contribution in [3.05, 3.63) is 16.2 Å². The smallest absolute Gasteiger partial charge is 0.237 e. The highest BCUT2D eigenvalue weighted by Crippen LogP contribution is 2.32. The number of halogens is 1. The van der Waals surface area contributed by atoms with Gasteiger partial charge in [-0.25, -0.2) is 13.4 Å². The van der Waals surface area contributed by atoms with Crippen LogP contribution in [0.4, 0.5) is 11.5 Å². The minimum Gasteiger partial charge on any atom is -0.382 e. The molecule has 0 radical (unpaired) electrons. The molecule has 5 nitrogen and oxygen atoms in total. The third-order valence-electron chi connectivity index (χ3n) is 1.70. The second-order valence-electron chi connectivity index (χ2n) is 2.73. The first-order valence-electron chi connectivity index (χ1n) is 3.43. The molecule has 2 rings (SSSR count). The number of nitrogens with two attached hydrogens (primary N) is 1. The van der Waals surface area contributed by atoms with Crippen LogP contribution < -0.4 is 10.5 Å². The van der Waals surface area contributed by atoms with Crippen molar-refractivity contribution in [2.24, 2.45) is 0 Å². The quantitative estimate of drug-likeness (QED) is 0.675. The van der Waals surface area contributed by atoms with Gasteiger partial charge in [-0.1, -0.05) is 0 Å². The Morgan fingerprint density at radius 2 is 2.31 bits per heavy atom. The van der Waals surface area contributed by atoms with Gasteiger partial charge in [0.05, 0.1) is 11.4 Å². The van der Waals surface area contributed by atoms with Crippen LogP contribution in [0.1, 0.15) is 5.56 Å². The Kier molecular flexibility index (Phi) is 1.74. The normalized spacial score (nSPS) is 17.9. The second-order valence-corrected chi connectivity index (χ2v) is 5.26. The predicted octanol–water partition coefficient (Wildman–Crippen LogP) is 0.682. The fourth-order valence-electron chi connectivity index (χ4n) is 1.21. The minimum atomic E-state index is -3.24. The lowest BCUT2D eigenvalue weighted by atomic mass is 10.2. The number of nitrogens with zero attached hydrogens (tertiary/aromatic N) is 1. The van der Waals surface area contributed by atoms with Crippen LogP contribution in [0, 0.1) is 0 Å². The van der Waals surface area contributed by atoms with Crippen LogP contribution >= 0.6 is 15.9 Å². The predicted molar refractivity (Wildman–Crippen MR) is 52.6 cm³/mol. The van der Waals surface area contributed by atoms with E-state index in [9.17, 15) is 8.42 Å². The minimum absolute atomic E-state index is 0.0341. The molecule has 13 heavy (non-hydrogen) atoms. The van der Waals surface area contributed by atoms with Gasteiger partial charge in [0.15, 0.2) is 0 Å². The van der Waals surface area contributed by atoms with Gasteiger partial charge >= 0.3 is 0 Å². The van der Waals surface area contributed by atoms with Gasteiger partial charge in [0, 0.05) is 0 Å². The molecular formula is C6H6BrN3O2S. The first-order chi connectivity index (χ1) is 5.98. The molecule has 0 saturated carbocycles. The lowest BCUT2D eigenvalue weighted by Gasteiger charge is -2.01. The summed E-state index contributed by atoms with van der Waals surface area (Å²) < 4.78 is 25.2. The number of anilines is 2. The van der Waals surface area contributed by atoms with E-state index in [0.717, 1.165) is 0 Å². The molecular weight excluding hydrogens is 258 g/mol. The molecule has 3 N–H and O–H groups in total. The van der Waals surface area contributed by atoms with Gasteiger partial charge < -0.3 is 5.73 Å². The van der Waals surface area contributed by atoms with E-state index < -0.39 is 10.0 Å². The Morgan fingerprint density at radius 1 is 1.62 bits per heavy atom. The van der Waals surface area contributed by atoms with Gasteiger partial charge in [-0.15, -0.1) is 0 Å². The summed E-state index contributed by atoms with van der Waals surface area (Å²) in [5, 5.41) is 0. The largest absolute Gasteiger partial charge is 0.382 e. The lowest BCUT2D eigenvalue weighted by Crippen LogP contribution is -2.06. The Hall–Kier alpha value is -0.820. The molecule has 0 saturated heterocycles. The van der Waals surface area contributed by atoms with Gasteiger partial charge in [-0.05, 0) is 27.6 Å². The van der Waals surface area contributed by atoms with Crippen LogP contribution in [0.3, 0.4) is 0 Å². The van der Waals surface area contributed by atoms with Gasteiger partial charge in [-0.2, -0.15) is 0 Å². The molecule has 7 heteroatoms.